The third kappa shape index (κ3) is 3.13. The van der Waals surface area contributed by atoms with Crippen LogP contribution in [0.15, 0.2) is 36.5 Å². The lowest BCUT2D eigenvalue weighted by Gasteiger charge is -2.35. The minimum Gasteiger partial charge on any atom is -0.496 e. The summed E-state index contributed by atoms with van der Waals surface area (Å²) in [5, 5.41) is 1.00. The highest BCUT2D eigenvalue weighted by molar-refractivity contribution is 5.95. The summed E-state index contributed by atoms with van der Waals surface area (Å²) in [6.45, 7) is 4.09. The molecule has 0 bridgehead atoms. The van der Waals surface area contributed by atoms with E-state index >= 15 is 0 Å². The standard InChI is InChI=1S/C18H18FN3O.CH2O/c1-22-9-11(10-22)16-8-15-13(5-6-20-18(15)21-16)14-7-12(19)3-4-17(14)23-2;1-2/h3-8,11H,9-10H2,1-2H3,(H,20,21);1H2. The number of pyridine rings is 1. The average Bonchev–Trinajstić information content (AvgIpc) is 3.04. The summed E-state index contributed by atoms with van der Waals surface area (Å²) in [6.07, 6.45) is 1.75. The van der Waals surface area contributed by atoms with Crippen LogP contribution in [0.3, 0.4) is 0 Å². The fourth-order valence-corrected chi connectivity index (χ4v) is 3.29. The number of carbonyl (C=O) groups is 1. The van der Waals surface area contributed by atoms with E-state index in [0.717, 1.165) is 35.2 Å². The van der Waals surface area contributed by atoms with E-state index in [4.69, 9.17) is 9.53 Å². The second kappa shape index (κ2) is 7.03. The number of likely N-dealkylation sites (tertiary alicyclic amines) is 1. The van der Waals surface area contributed by atoms with Crippen LogP contribution in [-0.4, -0.2) is 48.9 Å². The fourth-order valence-electron chi connectivity index (χ4n) is 3.29. The van der Waals surface area contributed by atoms with Crippen LogP contribution in [0.25, 0.3) is 22.2 Å². The molecule has 4 rings (SSSR count). The zero-order valence-electron chi connectivity index (χ0n) is 14.3. The second-order valence-corrected chi connectivity index (χ2v) is 6.11. The van der Waals surface area contributed by atoms with E-state index in [1.807, 2.05) is 12.9 Å². The molecule has 3 heterocycles. The minimum absolute atomic E-state index is 0.276. The molecule has 6 heteroatoms. The number of rotatable bonds is 3. The van der Waals surface area contributed by atoms with Crippen LogP contribution < -0.4 is 4.74 Å². The Hall–Kier alpha value is -2.73. The number of aromatic nitrogens is 2. The maximum Gasteiger partial charge on any atom is 0.138 e. The molecule has 1 N–H and O–H groups in total. The number of H-pyrrole nitrogens is 1. The van der Waals surface area contributed by atoms with Crippen LogP contribution in [0.2, 0.25) is 0 Å². The van der Waals surface area contributed by atoms with Gasteiger partial charge in [0.1, 0.15) is 24.0 Å². The Bertz CT molecular complexity index is 888. The highest BCUT2D eigenvalue weighted by Crippen LogP contribution is 2.36. The van der Waals surface area contributed by atoms with Gasteiger partial charge in [-0.15, -0.1) is 0 Å². The average molecular weight is 341 g/mol. The number of hydrogen-bond acceptors (Lipinski definition) is 4. The number of halogens is 1. The lowest BCUT2D eigenvalue weighted by atomic mass is 9.96. The van der Waals surface area contributed by atoms with Crippen molar-refractivity contribution in [2.24, 2.45) is 0 Å². The van der Waals surface area contributed by atoms with Crippen molar-refractivity contribution in [2.45, 2.75) is 5.92 Å². The van der Waals surface area contributed by atoms with Crippen LogP contribution in [0.4, 0.5) is 4.39 Å². The van der Waals surface area contributed by atoms with Crippen LogP contribution in [0.5, 0.6) is 5.75 Å². The minimum atomic E-state index is -0.276. The molecule has 3 aromatic rings. The zero-order chi connectivity index (χ0) is 18.0. The van der Waals surface area contributed by atoms with Crippen molar-refractivity contribution < 1.29 is 13.9 Å². The molecule has 130 valence electrons. The summed E-state index contributed by atoms with van der Waals surface area (Å²) in [4.78, 5) is 18.1. The van der Waals surface area contributed by atoms with Gasteiger partial charge in [-0.3, -0.25) is 0 Å². The van der Waals surface area contributed by atoms with Crippen LogP contribution >= 0.6 is 0 Å². The normalized spacial score (nSPS) is 14.7. The first-order valence-corrected chi connectivity index (χ1v) is 7.94. The van der Waals surface area contributed by atoms with Crippen molar-refractivity contribution in [3.8, 4) is 16.9 Å². The van der Waals surface area contributed by atoms with Gasteiger partial charge < -0.3 is 19.4 Å². The Labute approximate surface area is 145 Å². The molecule has 0 spiro atoms. The molecule has 1 saturated heterocycles. The Morgan fingerprint density at radius 1 is 1.24 bits per heavy atom. The first kappa shape index (κ1) is 17.1. The summed E-state index contributed by atoms with van der Waals surface area (Å²) in [6, 6.07) is 8.63. The first-order valence-electron chi connectivity index (χ1n) is 7.94. The quantitative estimate of drug-likeness (QED) is 0.795. The third-order valence-electron chi connectivity index (χ3n) is 4.51. The van der Waals surface area contributed by atoms with Gasteiger partial charge in [-0.05, 0) is 42.9 Å². The molecule has 2 aromatic heterocycles. The second-order valence-electron chi connectivity index (χ2n) is 6.11. The van der Waals surface area contributed by atoms with E-state index in [9.17, 15) is 4.39 Å². The first-order chi connectivity index (χ1) is 12.2. The van der Waals surface area contributed by atoms with Gasteiger partial charge in [0, 0.05) is 41.8 Å². The molecule has 1 aliphatic rings. The molecule has 25 heavy (non-hydrogen) atoms. The van der Waals surface area contributed by atoms with Crippen LogP contribution in [0.1, 0.15) is 11.6 Å². The monoisotopic (exact) mass is 341 g/mol. The Morgan fingerprint density at radius 3 is 2.68 bits per heavy atom. The molecule has 0 saturated carbocycles. The van der Waals surface area contributed by atoms with Crippen molar-refractivity contribution in [2.75, 3.05) is 27.2 Å². The maximum atomic E-state index is 13.7. The SMILES string of the molecule is C=O.COc1ccc(F)cc1-c1ccnc2[nH]c(C3CN(C)C3)cc12. The molecule has 1 aromatic carbocycles. The molecular formula is C19H20FN3O2. The zero-order valence-corrected chi connectivity index (χ0v) is 14.3. The van der Waals surface area contributed by atoms with Gasteiger partial charge >= 0.3 is 0 Å². The Balaban J connectivity index is 0.000000880. The molecule has 1 fully saturated rings. The fraction of sp³-hybridized carbons (Fsp3) is 0.263. The number of likely N-dealkylation sites (N-methyl/N-ethyl adjacent to an activating group) is 1. The van der Waals surface area contributed by atoms with Gasteiger partial charge in [-0.2, -0.15) is 0 Å². The number of benzene rings is 1. The number of hydrogen-bond donors (Lipinski definition) is 1. The molecule has 1 aliphatic heterocycles. The van der Waals surface area contributed by atoms with Gasteiger partial charge in [0.15, 0.2) is 0 Å². The van der Waals surface area contributed by atoms with Gasteiger partial charge in [0.05, 0.1) is 7.11 Å². The van der Waals surface area contributed by atoms with E-state index < -0.39 is 0 Å². The molecule has 0 unspecified atom stereocenters. The summed E-state index contributed by atoms with van der Waals surface area (Å²) < 4.78 is 19.1. The van der Waals surface area contributed by atoms with E-state index in [1.54, 1.807) is 19.4 Å². The van der Waals surface area contributed by atoms with Crippen molar-refractivity contribution in [1.29, 1.82) is 0 Å². The molecular weight excluding hydrogens is 321 g/mol. The highest BCUT2D eigenvalue weighted by Gasteiger charge is 2.26. The summed E-state index contributed by atoms with van der Waals surface area (Å²) in [7, 11) is 3.71. The van der Waals surface area contributed by atoms with Gasteiger partial charge in [-0.25, -0.2) is 9.37 Å². The lowest BCUT2D eigenvalue weighted by Crippen LogP contribution is -2.41. The number of aromatic amines is 1. The van der Waals surface area contributed by atoms with Crippen molar-refractivity contribution in [3.05, 3.63) is 48.0 Å². The summed E-state index contributed by atoms with van der Waals surface area (Å²) in [5.74, 6) is 0.892. The number of methoxy groups -OCH3 is 1. The van der Waals surface area contributed by atoms with Gasteiger partial charge in [-0.1, -0.05) is 0 Å². The molecule has 0 amide bonds. The third-order valence-corrected chi connectivity index (χ3v) is 4.51. The van der Waals surface area contributed by atoms with Crippen molar-refractivity contribution >= 4 is 17.8 Å². The van der Waals surface area contributed by atoms with E-state index in [2.05, 4.69) is 28.0 Å². The predicted molar refractivity (Wildman–Crippen MR) is 95.4 cm³/mol. The molecule has 0 aliphatic carbocycles. The summed E-state index contributed by atoms with van der Waals surface area (Å²) in [5.41, 5.74) is 3.70. The molecule has 0 radical (unpaired) electrons. The van der Waals surface area contributed by atoms with Gasteiger partial charge in [0.25, 0.3) is 0 Å². The Morgan fingerprint density at radius 2 is 2.00 bits per heavy atom. The van der Waals surface area contributed by atoms with Crippen LogP contribution in [-0.2, 0) is 4.79 Å². The van der Waals surface area contributed by atoms with Crippen molar-refractivity contribution in [3.63, 3.8) is 0 Å². The van der Waals surface area contributed by atoms with Gasteiger partial charge in [0.2, 0.25) is 0 Å². The number of carbonyl (C=O) groups excluding carboxylic acids is 1. The lowest BCUT2D eigenvalue weighted by molar-refractivity contribution is -0.0979. The van der Waals surface area contributed by atoms with E-state index in [0.29, 0.717) is 11.7 Å². The van der Waals surface area contributed by atoms with Crippen LogP contribution in [0, 0.1) is 5.82 Å². The predicted octanol–water partition coefficient (Wildman–Crippen LogP) is 3.22. The van der Waals surface area contributed by atoms with Crippen molar-refractivity contribution in [1.82, 2.24) is 14.9 Å². The summed E-state index contributed by atoms with van der Waals surface area (Å²) >= 11 is 0. The Kier molecular flexibility index (Phi) is 4.81. The highest BCUT2D eigenvalue weighted by atomic mass is 19.1. The maximum absolute atomic E-state index is 13.7. The largest absolute Gasteiger partial charge is 0.496 e. The molecule has 0 atom stereocenters. The van der Waals surface area contributed by atoms with E-state index in [-0.39, 0.29) is 5.82 Å². The number of fused-ring (bicyclic) bond motifs is 1. The topological polar surface area (TPSA) is 58.2 Å². The number of ether oxygens (including phenoxy) is 1. The van der Waals surface area contributed by atoms with E-state index in [1.165, 1.54) is 17.8 Å². The number of nitrogens with zero attached hydrogens (tertiary/aromatic N) is 2. The smallest absolute Gasteiger partial charge is 0.138 e. The number of nitrogens with one attached hydrogen (secondary N) is 1. The molecule has 5 nitrogen and oxygen atoms in total.